The Morgan fingerprint density at radius 1 is 1.05 bits per heavy atom. The van der Waals surface area contributed by atoms with Crippen LogP contribution in [0.5, 0.6) is 0 Å². The fraction of sp³-hybridized carbons (Fsp3) is 0.333. The number of hydrogen-bond acceptors (Lipinski definition) is 2. The first-order valence-electron chi connectivity index (χ1n) is 7.11. The quantitative estimate of drug-likeness (QED) is 0.732. The van der Waals surface area contributed by atoms with E-state index < -0.39 is 0 Å². The highest BCUT2D eigenvalue weighted by Crippen LogP contribution is 2.35. The number of hydrogen-bond donors (Lipinski definition) is 1. The Balaban J connectivity index is 2.28. The van der Waals surface area contributed by atoms with E-state index in [0.717, 1.165) is 4.47 Å². The van der Waals surface area contributed by atoms with Crippen LogP contribution in [-0.2, 0) is 5.41 Å². The summed E-state index contributed by atoms with van der Waals surface area (Å²) in [6.45, 7) is 8.73. The highest BCUT2D eigenvalue weighted by molar-refractivity contribution is 9.10. The van der Waals surface area contributed by atoms with Gasteiger partial charge >= 0.3 is 0 Å². The third kappa shape index (κ3) is 4.35. The summed E-state index contributed by atoms with van der Waals surface area (Å²) < 4.78 is 1.08. The van der Waals surface area contributed by atoms with E-state index in [-0.39, 0.29) is 11.5 Å². The molecule has 1 unspecified atom stereocenters. The van der Waals surface area contributed by atoms with Crippen molar-refractivity contribution in [2.45, 2.75) is 48.9 Å². The molecule has 2 N–H and O–H groups in total. The molecule has 0 fully saturated rings. The summed E-state index contributed by atoms with van der Waals surface area (Å²) in [6.07, 6.45) is 0. The fourth-order valence-electron chi connectivity index (χ4n) is 2.12. The smallest absolute Gasteiger partial charge is 0.0277 e. The minimum absolute atomic E-state index is 0.0365. The Bertz CT molecular complexity index is 612. The minimum atomic E-state index is 0.0365. The monoisotopic (exact) mass is 363 g/mol. The SMILES string of the molecule is CC(N)c1ccc(Br)cc1Sc1ccc(C(C)(C)C)cc1. The number of benzene rings is 2. The van der Waals surface area contributed by atoms with Crippen molar-refractivity contribution in [1.82, 2.24) is 0 Å². The molecule has 0 bridgehead atoms. The molecule has 112 valence electrons. The van der Waals surface area contributed by atoms with Crippen LogP contribution < -0.4 is 5.73 Å². The zero-order chi connectivity index (χ0) is 15.6. The second-order valence-electron chi connectivity index (χ2n) is 6.35. The van der Waals surface area contributed by atoms with Crippen molar-refractivity contribution in [2.24, 2.45) is 5.73 Å². The average Bonchev–Trinajstić information content (AvgIpc) is 2.38. The van der Waals surface area contributed by atoms with Crippen molar-refractivity contribution in [3.8, 4) is 0 Å². The molecule has 0 spiro atoms. The van der Waals surface area contributed by atoms with Gasteiger partial charge in [0.25, 0.3) is 0 Å². The van der Waals surface area contributed by atoms with Gasteiger partial charge in [-0.15, -0.1) is 0 Å². The Morgan fingerprint density at radius 3 is 2.19 bits per heavy atom. The van der Waals surface area contributed by atoms with E-state index in [1.807, 2.05) is 13.0 Å². The second-order valence-corrected chi connectivity index (χ2v) is 8.38. The Hall–Kier alpha value is -0.770. The molecule has 21 heavy (non-hydrogen) atoms. The second kappa shape index (κ2) is 6.55. The molecule has 0 aromatic heterocycles. The zero-order valence-corrected chi connectivity index (χ0v) is 15.4. The van der Waals surface area contributed by atoms with Gasteiger partial charge in [0.1, 0.15) is 0 Å². The lowest BCUT2D eigenvalue weighted by molar-refractivity contribution is 0.590. The van der Waals surface area contributed by atoms with Crippen LogP contribution in [0.1, 0.15) is 44.9 Å². The largest absolute Gasteiger partial charge is 0.324 e. The topological polar surface area (TPSA) is 26.0 Å². The van der Waals surface area contributed by atoms with Gasteiger partial charge in [-0.25, -0.2) is 0 Å². The molecule has 2 aromatic carbocycles. The van der Waals surface area contributed by atoms with Gasteiger partial charge < -0.3 is 5.73 Å². The average molecular weight is 364 g/mol. The maximum Gasteiger partial charge on any atom is 0.0277 e. The normalized spacial score (nSPS) is 13.2. The van der Waals surface area contributed by atoms with E-state index in [4.69, 9.17) is 5.73 Å². The van der Waals surface area contributed by atoms with Gasteiger partial charge in [-0.3, -0.25) is 0 Å². The minimum Gasteiger partial charge on any atom is -0.324 e. The summed E-state index contributed by atoms with van der Waals surface area (Å²) in [5.74, 6) is 0. The van der Waals surface area contributed by atoms with Crippen LogP contribution in [-0.4, -0.2) is 0 Å². The van der Waals surface area contributed by atoms with Crippen molar-refractivity contribution < 1.29 is 0 Å². The van der Waals surface area contributed by atoms with Crippen molar-refractivity contribution in [1.29, 1.82) is 0 Å². The van der Waals surface area contributed by atoms with Gasteiger partial charge in [-0.2, -0.15) is 0 Å². The highest BCUT2D eigenvalue weighted by Gasteiger charge is 2.14. The summed E-state index contributed by atoms with van der Waals surface area (Å²) in [7, 11) is 0. The molecule has 0 radical (unpaired) electrons. The summed E-state index contributed by atoms with van der Waals surface area (Å²) in [5, 5.41) is 0. The van der Waals surface area contributed by atoms with Crippen molar-refractivity contribution >= 4 is 27.7 Å². The van der Waals surface area contributed by atoms with Crippen LogP contribution >= 0.6 is 27.7 Å². The van der Waals surface area contributed by atoms with E-state index >= 15 is 0 Å². The fourth-order valence-corrected chi connectivity index (χ4v) is 3.72. The molecule has 3 heteroatoms. The van der Waals surface area contributed by atoms with Crippen LogP contribution in [0.4, 0.5) is 0 Å². The number of halogens is 1. The van der Waals surface area contributed by atoms with E-state index in [0.29, 0.717) is 0 Å². The lowest BCUT2D eigenvalue weighted by Gasteiger charge is -2.19. The van der Waals surface area contributed by atoms with E-state index in [9.17, 15) is 0 Å². The zero-order valence-electron chi connectivity index (χ0n) is 13.0. The first-order valence-corrected chi connectivity index (χ1v) is 8.72. The summed E-state index contributed by atoms with van der Waals surface area (Å²) in [6, 6.07) is 15.1. The Morgan fingerprint density at radius 2 is 1.67 bits per heavy atom. The lowest BCUT2D eigenvalue weighted by Crippen LogP contribution is -2.10. The third-order valence-corrected chi connectivity index (χ3v) is 4.99. The Kier molecular flexibility index (Phi) is 5.18. The third-order valence-electron chi connectivity index (χ3n) is 3.41. The van der Waals surface area contributed by atoms with Crippen LogP contribution in [0.25, 0.3) is 0 Å². The summed E-state index contributed by atoms with van der Waals surface area (Å²) >= 11 is 5.31. The molecule has 1 nitrogen and oxygen atoms in total. The van der Waals surface area contributed by atoms with Gasteiger partial charge in [0.15, 0.2) is 0 Å². The first kappa shape index (κ1) is 16.6. The molecular formula is C18H22BrNS. The predicted octanol–water partition coefficient (Wildman–Crippen LogP) is 5.92. The summed E-state index contributed by atoms with van der Waals surface area (Å²) in [4.78, 5) is 2.45. The van der Waals surface area contributed by atoms with Crippen LogP contribution in [0.2, 0.25) is 0 Å². The van der Waals surface area contributed by atoms with Crippen molar-refractivity contribution in [3.05, 3.63) is 58.1 Å². The Labute approximate surface area is 140 Å². The molecule has 0 heterocycles. The van der Waals surface area contributed by atoms with Gasteiger partial charge in [0.2, 0.25) is 0 Å². The molecule has 0 aliphatic rings. The van der Waals surface area contributed by atoms with Crippen LogP contribution in [0.15, 0.2) is 56.7 Å². The van der Waals surface area contributed by atoms with Gasteiger partial charge in [-0.05, 0) is 47.7 Å². The molecule has 2 rings (SSSR count). The van der Waals surface area contributed by atoms with E-state index in [2.05, 4.69) is 73.1 Å². The van der Waals surface area contributed by atoms with E-state index in [1.165, 1.54) is 20.9 Å². The first-order chi connectivity index (χ1) is 9.77. The molecule has 0 saturated carbocycles. The molecule has 0 amide bonds. The highest BCUT2D eigenvalue weighted by atomic mass is 79.9. The van der Waals surface area contributed by atoms with Crippen LogP contribution in [0, 0.1) is 0 Å². The lowest BCUT2D eigenvalue weighted by atomic mass is 9.87. The van der Waals surface area contributed by atoms with Crippen molar-refractivity contribution in [3.63, 3.8) is 0 Å². The van der Waals surface area contributed by atoms with Crippen molar-refractivity contribution in [2.75, 3.05) is 0 Å². The maximum absolute atomic E-state index is 6.07. The molecule has 0 saturated heterocycles. The number of rotatable bonds is 3. The molecular weight excluding hydrogens is 342 g/mol. The standard InChI is InChI=1S/C18H22BrNS/c1-12(20)16-10-7-14(19)11-17(16)21-15-8-5-13(6-9-15)18(2,3)4/h5-12H,20H2,1-4H3. The van der Waals surface area contributed by atoms with Gasteiger partial charge in [0, 0.05) is 20.3 Å². The van der Waals surface area contributed by atoms with Gasteiger partial charge in [0.05, 0.1) is 0 Å². The van der Waals surface area contributed by atoms with E-state index in [1.54, 1.807) is 11.8 Å². The molecule has 0 aliphatic carbocycles. The van der Waals surface area contributed by atoms with Gasteiger partial charge in [-0.1, -0.05) is 66.7 Å². The van der Waals surface area contributed by atoms with Crippen LogP contribution in [0.3, 0.4) is 0 Å². The number of nitrogens with two attached hydrogens (primary N) is 1. The summed E-state index contributed by atoms with van der Waals surface area (Å²) in [5.41, 5.74) is 8.80. The predicted molar refractivity (Wildman–Crippen MR) is 96.0 cm³/mol. The molecule has 0 aliphatic heterocycles. The maximum atomic E-state index is 6.07. The molecule has 1 atom stereocenters. The molecule has 2 aromatic rings.